The minimum absolute atomic E-state index is 0.0894. The molecule has 358 valence electrons. The number of carbonyl (C=O) groups excluding carboxylic acids is 3. The lowest BCUT2D eigenvalue weighted by Crippen LogP contribution is -2.30. The Balaban J connectivity index is 4.42. The topological polar surface area (TPSA) is 78.9 Å². The van der Waals surface area contributed by atoms with Crippen molar-refractivity contribution in [3.63, 3.8) is 0 Å². The van der Waals surface area contributed by atoms with E-state index in [1.165, 1.54) is 141 Å². The zero-order valence-electron chi connectivity index (χ0n) is 40.9. The molecule has 1 unspecified atom stereocenters. The molecule has 0 heterocycles. The van der Waals surface area contributed by atoms with E-state index in [1.54, 1.807) is 0 Å². The predicted molar refractivity (Wildman–Crippen MR) is 265 cm³/mol. The molecule has 0 saturated carbocycles. The third-order valence-electron chi connectivity index (χ3n) is 11.4. The SMILES string of the molecule is CC\C=C/C=C\C=C/C=C\CCCCCC(=O)OCC(COC(=O)CCCCCCC/C=C\CCCCCCCCC)OC(=O)CCCCCCCCCCCCCCCCC. The molecule has 0 fully saturated rings. The molecule has 0 N–H and O–H groups in total. The fourth-order valence-corrected chi connectivity index (χ4v) is 7.39. The highest BCUT2D eigenvalue weighted by atomic mass is 16.6. The lowest BCUT2D eigenvalue weighted by molar-refractivity contribution is -0.167. The summed E-state index contributed by atoms with van der Waals surface area (Å²) in [7, 11) is 0. The highest BCUT2D eigenvalue weighted by Crippen LogP contribution is 2.15. The number of hydrogen-bond donors (Lipinski definition) is 0. The van der Waals surface area contributed by atoms with Gasteiger partial charge >= 0.3 is 17.9 Å². The first-order valence-electron chi connectivity index (χ1n) is 26.3. The number of carbonyl (C=O) groups is 3. The summed E-state index contributed by atoms with van der Waals surface area (Å²) < 4.78 is 16.8. The van der Waals surface area contributed by atoms with Crippen LogP contribution >= 0.6 is 0 Å². The highest BCUT2D eigenvalue weighted by Gasteiger charge is 2.19. The Morgan fingerprint density at radius 3 is 1.05 bits per heavy atom. The second-order valence-corrected chi connectivity index (χ2v) is 17.5. The van der Waals surface area contributed by atoms with Crippen LogP contribution in [-0.4, -0.2) is 37.2 Å². The number of rotatable bonds is 47. The molecule has 0 amide bonds. The van der Waals surface area contributed by atoms with Crippen molar-refractivity contribution in [3.8, 4) is 0 Å². The van der Waals surface area contributed by atoms with Gasteiger partial charge in [0.2, 0.25) is 0 Å². The molecule has 0 spiro atoms. The first kappa shape index (κ1) is 59.1. The van der Waals surface area contributed by atoms with Crippen molar-refractivity contribution in [1.82, 2.24) is 0 Å². The number of esters is 3. The Morgan fingerprint density at radius 1 is 0.339 bits per heavy atom. The Morgan fingerprint density at radius 2 is 0.645 bits per heavy atom. The smallest absolute Gasteiger partial charge is 0.306 e. The molecule has 0 aromatic rings. The van der Waals surface area contributed by atoms with E-state index in [1.807, 2.05) is 30.4 Å². The molecule has 0 bridgehead atoms. The van der Waals surface area contributed by atoms with Gasteiger partial charge in [-0.3, -0.25) is 14.4 Å². The maximum Gasteiger partial charge on any atom is 0.306 e. The zero-order chi connectivity index (χ0) is 45.1. The van der Waals surface area contributed by atoms with Crippen molar-refractivity contribution in [1.29, 1.82) is 0 Å². The van der Waals surface area contributed by atoms with Gasteiger partial charge < -0.3 is 14.2 Å². The van der Waals surface area contributed by atoms with E-state index in [4.69, 9.17) is 14.2 Å². The van der Waals surface area contributed by atoms with Crippen LogP contribution < -0.4 is 0 Å². The Hall–Kier alpha value is -2.89. The van der Waals surface area contributed by atoms with E-state index in [0.717, 1.165) is 77.0 Å². The van der Waals surface area contributed by atoms with Crippen molar-refractivity contribution in [2.45, 2.75) is 264 Å². The maximum absolute atomic E-state index is 12.8. The van der Waals surface area contributed by atoms with Gasteiger partial charge in [-0.25, -0.2) is 0 Å². The first-order chi connectivity index (χ1) is 30.5. The second kappa shape index (κ2) is 50.8. The van der Waals surface area contributed by atoms with Gasteiger partial charge in [-0.1, -0.05) is 236 Å². The van der Waals surface area contributed by atoms with Crippen LogP contribution in [0.2, 0.25) is 0 Å². The van der Waals surface area contributed by atoms with Crippen molar-refractivity contribution in [2.75, 3.05) is 13.2 Å². The molecular weight excluding hydrogens is 769 g/mol. The molecule has 0 aromatic heterocycles. The summed E-state index contributed by atoms with van der Waals surface area (Å²) in [6.45, 7) is 6.47. The molecule has 0 saturated heterocycles. The summed E-state index contributed by atoms with van der Waals surface area (Å²) in [5.41, 5.74) is 0. The molecule has 62 heavy (non-hydrogen) atoms. The number of ether oxygens (including phenoxy) is 3. The standard InChI is InChI=1S/C56H98O6/c1-4-7-10-13-16-19-22-25-27-29-31-34-37-40-43-46-49-55(58)61-52-53(51-60-54(57)48-45-42-39-36-33-30-24-21-18-15-12-9-6-3)62-56(59)50-47-44-41-38-35-32-28-26-23-20-17-14-11-8-5-2/h9,12,15,18,21,24,27,29-30,33,53H,4-8,10-11,13-14,16-17,19-20,22-23,25-26,28,31-32,34-52H2,1-3H3/b12-9-,18-15-,24-21-,29-27-,33-30-. The highest BCUT2D eigenvalue weighted by molar-refractivity contribution is 5.71. The minimum Gasteiger partial charge on any atom is -0.462 e. The molecule has 0 aliphatic rings. The molecular formula is C56H98O6. The molecule has 1 atom stereocenters. The molecule has 0 rings (SSSR count). The quantitative estimate of drug-likeness (QED) is 0.0199. The van der Waals surface area contributed by atoms with Crippen LogP contribution in [0.5, 0.6) is 0 Å². The van der Waals surface area contributed by atoms with Crippen molar-refractivity contribution in [3.05, 3.63) is 60.8 Å². The lowest BCUT2D eigenvalue weighted by Gasteiger charge is -2.18. The summed E-state index contributed by atoms with van der Waals surface area (Å²) in [4.78, 5) is 38.0. The van der Waals surface area contributed by atoms with Gasteiger partial charge in [-0.05, 0) is 64.2 Å². The second-order valence-electron chi connectivity index (χ2n) is 17.5. The Labute approximate surface area is 383 Å². The fourth-order valence-electron chi connectivity index (χ4n) is 7.39. The van der Waals surface area contributed by atoms with Crippen LogP contribution in [0.4, 0.5) is 0 Å². The maximum atomic E-state index is 12.8. The van der Waals surface area contributed by atoms with Gasteiger partial charge in [0.25, 0.3) is 0 Å². The third kappa shape index (κ3) is 48.1. The summed E-state index contributed by atoms with van der Waals surface area (Å²) in [5, 5.41) is 0. The zero-order valence-corrected chi connectivity index (χ0v) is 40.9. The summed E-state index contributed by atoms with van der Waals surface area (Å²) in [6.07, 6.45) is 62.0. The Kier molecular flexibility index (Phi) is 48.4. The van der Waals surface area contributed by atoms with Crippen molar-refractivity contribution in [2.24, 2.45) is 0 Å². The normalized spacial score (nSPS) is 12.5. The Bertz CT molecular complexity index is 1130. The van der Waals surface area contributed by atoms with Gasteiger partial charge in [-0.15, -0.1) is 0 Å². The number of hydrogen-bond acceptors (Lipinski definition) is 6. The average molecular weight is 867 g/mol. The van der Waals surface area contributed by atoms with Gasteiger partial charge in [0.15, 0.2) is 6.10 Å². The average Bonchev–Trinajstić information content (AvgIpc) is 3.27. The lowest BCUT2D eigenvalue weighted by atomic mass is 10.0. The largest absolute Gasteiger partial charge is 0.462 e. The van der Waals surface area contributed by atoms with Crippen LogP contribution in [0, 0.1) is 0 Å². The third-order valence-corrected chi connectivity index (χ3v) is 11.4. The molecule has 0 aliphatic heterocycles. The van der Waals surface area contributed by atoms with E-state index >= 15 is 0 Å². The summed E-state index contributed by atoms with van der Waals surface area (Å²) in [5.74, 6) is -0.930. The van der Waals surface area contributed by atoms with Crippen molar-refractivity contribution < 1.29 is 28.6 Å². The summed E-state index contributed by atoms with van der Waals surface area (Å²) in [6, 6.07) is 0. The van der Waals surface area contributed by atoms with E-state index < -0.39 is 6.10 Å². The first-order valence-corrected chi connectivity index (χ1v) is 26.3. The number of unbranched alkanes of at least 4 members (excludes halogenated alkanes) is 29. The van der Waals surface area contributed by atoms with Crippen LogP contribution in [0.1, 0.15) is 258 Å². The number of allylic oxidation sites excluding steroid dienone is 10. The van der Waals surface area contributed by atoms with Crippen LogP contribution in [0.3, 0.4) is 0 Å². The molecule has 0 aliphatic carbocycles. The summed E-state index contributed by atoms with van der Waals surface area (Å²) >= 11 is 0. The van der Waals surface area contributed by atoms with Crippen LogP contribution in [0.25, 0.3) is 0 Å². The van der Waals surface area contributed by atoms with E-state index in [2.05, 4.69) is 51.2 Å². The van der Waals surface area contributed by atoms with Gasteiger partial charge in [-0.2, -0.15) is 0 Å². The predicted octanol–water partition coefficient (Wildman–Crippen LogP) is 17.3. The van der Waals surface area contributed by atoms with Crippen LogP contribution in [-0.2, 0) is 28.6 Å². The van der Waals surface area contributed by atoms with Crippen LogP contribution in [0.15, 0.2) is 60.8 Å². The minimum atomic E-state index is -0.790. The molecule has 0 radical (unpaired) electrons. The van der Waals surface area contributed by atoms with E-state index in [0.29, 0.717) is 19.3 Å². The van der Waals surface area contributed by atoms with Crippen molar-refractivity contribution >= 4 is 17.9 Å². The van der Waals surface area contributed by atoms with Gasteiger partial charge in [0.1, 0.15) is 13.2 Å². The van der Waals surface area contributed by atoms with Gasteiger partial charge in [0.05, 0.1) is 0 Å². The molecule has 0 aromatic carbocycles. The molecule has 6 heteroatoms. The fraction of sp³-hybridized carbons (Fsp3) is 0.768. The van der Waals surface area contributed by atoms with Gasteiger partial charge in [0, 0.05) is 19.3 Å². The van der Waals surface area contributed by atoms with E-state index in [9.17, 15) is 14.4 Å². The van der Waals surface area contributed by atoms with E-state index in [-0.39, 0.29) is 31.1 Å². The molecule has 6 nitrogen and oxygen atoms in total. The monoisotopic (exact) mass is 867 g/mol.